The summed E-state index contributed by atoms with van der Waals surface area (Å²) in [7, 11) is 0. The van der Waals surface area contributed by atoms with E-state index in [-0.39, 0.29) is 0 Å². The van der Waals surface area contributed by atoms with Crippen LogP contribution < -0.4 is 0 Å². The number of nitrogens with zero attached hydrogens (tertiary/aromatic N) is 1. The van der Waals surface area contributed by atoms with Crippen molar-refractivity contribution < 1.29 is 4.74 Å². The molecule has 0 aromatic heterocycles. The van der Waals surface area contributed by atoms with Gasteiger partial charge in [-0.2, -0.15) is 0 Å². The number of fused-ring (bicyclic) bond motifs is 1. The van der Waals surface area contributed by atoms with Gasteiger partial charge in [-0.3, -0.25) is 4.90 Å². The van der Waals surface area contributed by atoms with Crippen molar-refractivity contribution in [2.75, 3.05) is 26.3 Å². The minimum Gasteiger partial charge on any atom is -0.379 e. The van der Waals surface area contributed by atoms with Gasteiger partial charge in [-0.05, 0) is 19.5 Å². The summed E-state index contributed by atoms with van der Waals surface area (Å²) in [6, 6.07) is 0.769. The van der Waals surface area contributed by atoms with Crippen LogP contribution in [0.3, 0.4) is 0 Å². The molecule has 0 N–H and O–H groups in total. The fourth-order valence-corrected chi connectivity index (χ4v) is 2.16. The highest BCUT2D eigenvalue weighted by molar-refractivity contribution is 4.89. The summed E-state index contributed by atoms with van der Waals surface area (Å²) in [5.74, 6) is 0.861. The van der Waals surface area contributed by atoms with Crippen molar-refractivity contribution >= 4 is 0 Å². The molecule has 10 heavy (non-hydrogen) atoms. The molecule has 2 unspecified atom stereocenters. The molecule has 0 spiro atoms. The first-order chi connectivity index (χ1) is 4.92. The van der Waals surface area contributed by atoms with Crippen LogP contribution in [-0.4, -0.2) is 37.2 Å². The molecule has 2 heteroatoms. The minimum absolute atomic E-state index is 0.769. The van der Waals surface area contributed by atoms with E-state index in [1.54, 1.807) is 0 Å². The lowest BCUT2D eigenvalue weighted by Gasteiger charge is -2.19. The van der Waals surface area contributed by atoms with Crippen LogP contribution in [-0.2, 0) is 4.74 Å². The number of rotatable bonds is 1. The molecule has 2 nitrogen and oxygen atoms in total. The highest BCUT2D eigenvalue weighted by atomic mass is 16.5. The summed E-state index contributed by atoms with van der Waals surface area (Å²) in [6.07, 6.45) is 1.36. The molecule has 2 saturated heterocycles. The Morgan fingerprint density at radius 1 is 1.50 bits per heavy atom. The second-order valence-corrected chi connectivity index (χ2v) is 3.28. The van der Waals surface area contributed by atoms with E-state index in [1.165, 1.54) is 19.5 Å². The highest BCUT2D eigenvalue weighted by Gasteiger charge is 2.37. The maximum absolute atomic E-state index is 5.40. The van der Waals surface area contributed by atoms with Crippen LogP contribution in [0.5, 0.6) is 0 Å². The average Bonchev–Trinajstić information content (AvgIpc) is 2.44. The minimum atomic E-state index is 0.769. The van der Waals surface area contributed by atoms with Gasteiger partial charge in [0.2, 0.25) is 0 Å². The van der Waals surface area contributed by atoms with Crippen LogP contribution in [0.1, 0.15) is 13.3 Å². The zero-order valence-electron chi connectivity index (χ0n) is 6.55. The standard InChI is InChI=1S/C8H15NO/c1-2-9-4-3-7-5-10-6-8(7)9/h7-8H,2-6H2,1H3. The van der Waals surface area contributed by atoms with Gasteiger partial charge >= 0.3 is 0 Å². The molecule has 2 heterocycles. The van der Waals surface area contributed by atoms with Crippen molar-refractivity contribution in [3.63, 3.8) is 0 Å². The molecule has 0 aromatic carbocycles. The quantitative estimate of drug-likeness (QED) is 0.533. The van der Waals surface area contributed by atoms with E-state index in [4.69, 9.17) is 4.74 Å². The Morgan fingerprint density at radius 3 is 3.20 bits per heavy atom. The molecule has 58 valence electrons. The highest BCUT2D eigenvalue weighted by Crippen LogP contribution is 2.28. The van der Waals surface area contributed by atoms with E-state index in [2.05, 4.69) is 11.8 Å². The molecule has 2 atom stereocenters. The van der Waals surface area contributed by atoms with Gasteiger partial charge in [0.1, 0.15) is 0 Å². The topological polar surface area (TPSA) is 12.5 Å². The molecule has 2 aliphatic heterocycles. The summed E-state index contributed by atoms with van der Waals surface area (Å²) in [4.78, 5) is 2.54. The molecular formula is C8H15NO. The average molecular weight is 141 g/mol. The van der Waals surface area contributed by atoms with E-state index in [9.17, 15) is 0 Å². The molecular weight excluding hydrogens is 126 g/mol. The Bertz CT molecular complexity index is 126. The van der Waals surface area contributed by atoms with Crippen LogP contribution >= 0.6 is 0 Å². The fraction of sp³-hybridized carbons (Fsp3) is 1.00. The van der Waals surface area contributed by atoms with Crippen LogP contribution in [0.4, 0.5) is 0 Å². The lowest BCUT2D eigenvalue weighted by atomic mass is 10.1. The monoisotopic (exact) mass is 141 g/mol. The molecule has 2 fully saturated rings. The lowest BCUT2D eigenvalue weighted by molar-refractivity contribution is 0.149. The van der Waals surface area contributed by atoms with E-state index in [1.807, 2.05) is 0 Å². The Labute approximate surface area is 62.2 Å². The van der Waals surface area contributed by atoms with Gasteiger partial charge in [-0.15, -0.1) is 0 Å². The van der Waals surface area contributed by atoms with Crippen molar-refractivity contribution in [1.29, 1.82) is 0 Å². The van der Waals surface area contributed by atoms with Crippen molar-refractivity contribution in [1.82, 2.24) is 4.90 Å². The fourth-order valence-electron chi connectivity index (χ4n) is 2.16. The number of hydrogen-bond donors (Lipinski definition) is 0. The predicted molar refractivity (Wildman–Crippen MR) is 40.0 cm³/mol. The third kappa shape index (κ3) is 0.867. The van der Waals surface area contributed by atoms with E-state index in [0.717, 1.165) is 25.2 Å². The molecule has 0 bridgehead atoms. The van der Waals surface area contributed by atoms with Crippen LogP contribution in [0.15, 0.2) is 0 Å². The summed E-state index contributed by atoms with van der Waals surface area (Å²) >= 11 is 0. The van der Waals surface area contributed by atoms with Gasteiger partial charge in [-0.1, -0.05) is 6.92 Å². The van der Waals surface area contributed by atoms with Crippen LogP contribution in [0, 0.1) is 5.92 Å². The Hall–Kier alpha value is -0.0800. The Kier molecular flexibility index (Phi) is 1.66. The Balaban J connectivity index is 2.01. The van der Waals surface area contributed by atoms with Gasteiger partial charge in [0, 0.05) is 12.0 Å². The van der Waals surface area contributed by atoms with Crippen LogP contribution in [0.25, 0.3) is 0 Å². The summed E-state index contributed by atoms with van der Waals surface area (Å²) in [5.41, 5.74) is 0. The summed E-state index contributed by atoms with van der Waals surface area (Å²) < 4.78 is 5.40. The zero-order chi connectivity index (χ0) is 6.97. The largest absolute Gasteiger partial charge is 0.379 e. The number of hydrogen-bond acceptors (Lipinski definition) is 2. The third-order valence-corrected chi connectivity index (χ3v) is 2.83. The van der Waals surface area contributed by atoms with E-state index >= 15 is 0 Å². The van der Waals surface area contributed by atoms with Crippen molar-refractivity contribution in [2.24, 2.45) is 5.92 Å². The molecule has 0 saturated carbocycles. The smallest absolute Gasteiger partial charge is 0.0625 e. The second-order valence-electron chi connectivity index (χ2n) is 3.28. The number of likely N-dealkylation sites (N-methyl/N-ethyl adjacent to an activating group) is 1. The Morgan fingerprint density at radius 2 is 2.40 bits per heavy atom. The second kappa shape index (κ2) is 2.51. The molecule has 2 rings (SSSR count). The molecule has 0 aliphatic carbocycles. The predicted octanol–water partition coefficient (Wildman–Crippen LogP) is 0.727. The number of likely N-dealkylation sites (tertiary alicyclic amines) is 1. The van der Waals surface area contributed by atoms with Crippen LogP contribution in [0.2, 0.25) is 0 Å². The maximum atomic E-state index is 5.40. The first kappa shape index (κ1) is 6.62. The number of ether oxygens (including phenoxy) is 1. The van der Waals surface area contributed by atoms with E-state index in [0.29, 0.717) is 0 Å². The van der Waals surface area contributed by atoms with Gasteiger partial charge < -0.3 is 4.74 Å². The first-order valence-electron chi connectivity index (χ1n) is 4.23. The van der Waals surface area contributed by atoms with Gasteiger partial charge in [0.05, 0.1) is 13.2 Å². The molecule has 0 radical (unpaired) electrons. The maximum Gasteiger partial charge on any atom is 0.0625 e. The van der Waals surface area contributed by atoms with E-state index < -0.39 is 0 Å². The van der Waals surface area contributed by atoms with Gasteiger partial charge in [0.15, 0.2) is 0 Å². The van der Waals surface area contributed by atoms with Gasteiger partial charge in [-0.25, -0.2) is 0 Å². The van der Waals surface area contributed by atoms with Gasteiger partial charge in [0.25, 0.3) is 0 Å². The lowest BCUT2D eigenvalue weighted by Crippen LogP contribution is -2.32. The summed E-state index contributed by atoms with van der Waals surface area (Å²) in [5, 5.41) is 0. The summed E-state index contributed by atoms with van der Waals surface area (Å²) in [6.45, 7) is 6.74. The third-order valence-electron chi connectivity index (χ3n) is 2.83. The van der Waals surface area contributed by atoms with Crippen molar-refractivity contribution in [3.05, 3.63) is 0 Å². The molecule has 0 amide bonds. The molecule has 2 aliphatic rings. The zero-order valence-corrected chi connectivity index (χ0v) is 6.55. The van der Waals surface area contributed by atoms with Crippen molar-refractivity contribution in [2.45, 2.75) is 19.4 Å². The SMILES string of the molecule is CCN1CCC2COCC21. The molecule has 0 aromatic rings. The normalized spacial score (nSPS) is 40.5. The van der Waals surface area contributed by atoms with Crippen molar-refractivity contribution in [3.8, 4) is 0 Å². The first-order valence-corrected chi connectivity index (χ1v) is 4.23.